The minimum atomic E-state index is -0.741. The molecular formula is C15H17NO4. The molecule has 20 heavy (non-hydrogen) atoms. The Balaban J connectivity index is 2.13. The van der Waals surface area contributed by atoms with E-state index in [-0.39, 0.29) is 17.6 Å². The summed E-state index contributed by atoms with van der Waals surface area (Å²) in [5.74, 6) is 0.206. The van der Waals surface area contributed by atoms with Gasteiger partial charge in [-0.15, -0.1) is 0 Å². The fourth-order valence-electron chi connectivity index (χ4n) is 3.21. The molecule has 1 amide bonds. The molecule has 2 bridgehead atoms. The van der Waals surface area contributed by atoms with Gasteiger partial charge in [-0.1, -0.05) is 0 Å². The maximum absolute atomic E-state index is 12.2. The molecule has 0 aromatic heterocycles. The number of ketones is 1. The number of carbonyl (C=O) groups excluding carboxylic acids is 2. The zero-order valence-electron chi connectivity index (χ0n) is 11.7. The molecule has 5 heteroatoms. The van der Waals surface area contributed by atoms with Crippen molar-refractivity contribution in [2.75, 3.05) is 7.11 Å². The highest BCUT2D eigenvalue weighted by molar-refractivity contribution is 6.02. The largest absolute Gasteiger partial charge is 0.497 e. The highest BCUT2D eigenvalue weighted by Crippen LogP contribution is 2.47. The van der Waals surface area contributed by atoms with E-state index in [0.717, 1.165) is 5.56 Å². The lowest BCUT2D eigenvalue weighted by molar-refractivity contribution is -0.145. The Morgan fingerprint density at radius 1 is 1.50 bits per heavy atom. The van der Waals surface area contributed by atoms with Crippen LogP contribution in [-0.4, -0.2) is 24.5 Å². The lowest BCUT2D eigenvalue weighted by atomic mass is 9.73. The SMILES string of the molecule is COc1ccc2c(c1)[C@H]1C[C@](C)(NC(=O)C1C(C)=O)O2. The number of benzene rings is 1. The molecule has 2 aliphatic heterocycles. The average molecular weight is 275 g/mol. The van der Waals surface area contributed by atoms with E-state index in [0.29, 0.717) is 17.9 Å². The first-order valence-corrected chi connectivity index (χ1v) is 6.63. The predicted octanol–water partition coefficient (Wildman–Crippen LogP) is 1.61. The van der Waals surface area contributed by atoms with Crippen LogP contribution in [0.1, 0.15) is 31.7 Å². The molecule has 1 aromatic rings. The van der Waals surface area contributed by atoms with Gasteiger partial charge < -0.3 is 14.8 Å². The molecule has 0 radical (unpaired) electrons. The molecule has 0 aliphatic carbocycles. The van der Waals surface area contributed by atoms with Crippen LogP contribution in [0.15, 0.2) is 18.2 Å². The number of hydrogen-bond acceptors (Lipinski definition) is 4. The van der Waals surface area contributed by atoms with Crippen LogP contribution in [-0.2, 0) is 9.59 Å². The Bertz CT molecular complexity index is 598. The molecular weight excluding hydrogens is 258 g/mol. The molecule has 2 aliphatic rings. The number of amides is 1. The Morgan fingerprint density at radius 2 is 2.25 bits per heavy atom. The fourth-order valence-corrected chi connectivity index (χ4v) is 3.21. The molecule has 5 nitrogen and oxygen atoms in total. The monoisotopic (exact) mass is 275 g/mol. The van der Waals surface area contributed by atoms with Crippen molar-refractivity contribution in [1.82, 2.24) is 5.32 Å². The second-order valence-electron chi connectivity index (χ2n) is 5.62. The number of carbonyl (C=O) groups is 2. The third kappa shape index (κ3) is 1.85. The first-order chi connectivity index (χ1) is 9.43. The number of rotatable bonds is 2. The Morgan fingerprint density at radius 3 is 2.90 bits per heavy atom. The van der Waals surface area contributed by atoms with Gasteiger partial charge in [-0.3, -0.25) is 9.59 Å². The maximum atomic E-state index is 12.2. The predicted molar refractivity (Wildman–Crippen MR) is 71.7 cm³/mol. The van der Waals surface area contributed by atoms with Gasteiger partial charge in [0.15, 0.2) is 5.72 Å². The standard InChI is InChI=1S/C15H17NO4/c1-8(17)13-11-7-15(2,16-14(13)18)20-12-5-4-9(19-3)6-10(11)12/h4-6,11,13H,7H2,1-3H3,(H,16,18)/t11-,13?,15-/m1/s1. The van der Waals surface area contributed by atoms with E-state index in [4.69, 9.17) is 9.47 Å². The lowest BCUT2D eigenvalue weighted by Crippen LogP contribution is -2.61. The van der Waals surface area contributed by atoms with Crippen LogP contribution in [0.25, 0.3) is 0 Å². The number of nitrogens with one attached hydrogen (secondary N) is 1. The third-order valence-corrected chi connectivity index (χ3v) is 4.07. The summed E-state index contributed by atoms with van der Waals surface area (Å²) in [6.07, 6.45) is 0.586. The highest BCUT2D eigenvalue weighted by Gasteiger charge is 2.50. The molecule has 0 spiro atoms. The van der Waals surface area contributed by atoms with Crippen molar-refractivity contribution in [1.29, 1.82) is 0 Å². The molecule has 2 heterocycles. The second kappa shape index (κ2) is 4.23. The first kappa shape index (κ1) is 13.0. The van der Waals surface area contributed by atoms with Gasteiger partial charge >= 0.3 is 0 Å². The number of methoxy groups -OCH3 is 1. The number of piperidine rings is 1. The summed E-state index contributed by atoms with van der Waals surface area (Å²) >= 11 is 0. The summed E-state index contributed by atoms with van der Waals surface area (Å²) in [5, 5.41) is 2.81. The van der Waals surface area contributed by atoms with Crippen molar-refractivity contribution in [2.24, 2.45) is 5.92 Å². The van der Waals surface area contributed by atoms with Gasteiger partial charge in [-0.2, -0.15) is 0 Å². The van der Waals surface area contributed by atoms with Gasteiger partial charge in [0.25, 0.3) is 0 Å². The van der Waals surface area contributed by atoms with E-state index >= 15 is 0 Å². The summed E-state index contributed by atoms with van der Waals surface area (Å²) in [6.45, 7) is 3.30. The van der Waals surface area contributed by atoms with Crippen LogP contribution in [0.5, 0.6) is 11.5 Å². The average Bonchev–Trinajstić information content (AvgIpc) is 2.36. The van der Waals surface area contributed by atoms with E-state index in [2.05, 4.69) is 5.32 Å². The van der Waals surface area contributed by atoms with Crippen LogP contribution in [0.2, 0.25) is 0 Å². The first-order valence-electron chi connectivity index (χ1n) is 6.63. The zero-order chi connectivity index (χ0) is 14.5. The van der Waals surface area contributed by atoms with Gasteiger partial charge in [0.2, 0.25) is 5.91 Å². The molecule has 1 aromatic carbocycles. The van der Waals surface area contributed by atoms with Gasteiger partial charge in [0.05, 0.1) is 7.11 Å². The Labute approximate surface area is 117 Å². The molecule has 3 rings (SSSR count). The summed E-state index contributed by atoms with van der Waals surface area (Å²) in [6, 6.07) is 5.50. The van der Waals surface area contributed by atoms with Gasteiger partial charge in [0.1, 0.15) is 23.2 Å². The summed E-state index contributed by atoms with van der Waals surface area (Å²) < 4.78 is 11.1. The minimum Gasteiger partial charge on any atom is -0.497 e. The summed E-state index contributed by atoms with van der Waals surface area (Å²) in [5.41, 5.74) is 0.131. The molecule has 0 saturated carbocycles. The fraction of sp³-hybridized carbons (Fsp3) is 0.467. The van der Waals surface area contributed by atoms with Crippen LogP contribution < -0.4 is 14.8 Å². The minimum absolute atomic E-state index is 0.120. The van der Waals surface area contributed by atoms with E-state index in [9.17, 15) is 9.59 Å². The third-order valence-electron chi connectivity index (χ3n) is 4.07. The van der Waals surface area contributed by atoms with Crippen molar-refractivity contribution >= 4 is 11.7 Å². The normalized spacial score (nSPS) is 30.9. The molecule has 1 fully saturated rings. The Kier molecular flexibility index (Phi) is 2.74. The van der Waals surface area contributed by atoms with Crippen LogP contribution in [0.3, 0.4) is 0 Å². The number of ether oxygens (including phenoxy) is 2. The van der Waals surface area contributed by atoms with Crippen LogP contribution in [0.4, 0.5) is 0 Å². The van der Waals surface area contributed by atoms with Crippen molar-refractivity contribution in [3.8, 4) is 11.5 Å². The van der Waals surface area contributed by atoms with Crippen LogP contribution >= 0.6 is 0 Å². The Hall–Kier alpha value is -2.04. The van der Waals surface area contributed by atoms with Crippen molar-refractivity contribution in [3.05, 3.63) is 23.8 Å². The maximum Gasteiger partial charge on any atom is 0.234 e. The van der Waals surface area contributed by atoms with Crippen molar-refractivity contribution < 1.29 is 19.1 Å². The zero-order valence-corrected chi connectivity index (χ0v) is 11.7. The molecule has 1 saturated heterocycles. The molecule has 106 valence electrons. The van der Waals surface area contributed by atoms with Crippen molar-refractivity contribution in [2.45, 2.75) is 31.9 Å². The summed E-state index contributed by atoms with van der Waals surface area (Å²) in [4.78, 5) is 24.0. The van der Waals surface area contributed by atoms with E-state index in [1.807, 2.05) is 25.1 Å². The van der Waals surface area contributed by atoms with E-state index in [1.54, 1.807) is 7.11 Å². The van der Waals surface area contributed by atoms with Gasteiger partial charge in [0, 0.05) is 17.9 Å². The topological polar surface area (TPSA) is 64.6 Å². The van der Waals surface area contributed by atoms with Crippen LogP contribution in [0, 0.1) is 5.92 Å². The smallest absolute Gasteiger partial charge is 0.234 e. The van der Waals surface area contributed by atoms with Crippen molar-refractivity contribution in [3.63, 3.8) is 0 Å². The second-order valence-corrected chi connectivity index (χ2v) is 5.62. The van der Waals surface area contributed by atoms with E-state index < -0.39 is 11.6 Å². The molecule has 1 unspecified atom stereocenters. The highest BCUT2D eigenvalue weighted by atomic mass is 16.5. The van der Waals surface area contributed by atoms with E-state index in [1.165, 1.54) is 6.92 Å². The number of Topliss-reactive ketones (excluding diaryl/α,β-unsaturated/α-hetero) is 1. The van der Waals surface area contributed by atoms with Gasteiger partial charge in [-0.05, 0) is 32.0 Å². The lowest BCUT2D eigenvalue weighted by Gasteiger charge is -2.46. The summed E-state index contributed by atoms with van der Waals surface area (Å²) in [7, 11) is 1.59. The molecule has 1 N–H and O–H groups in total. The number of hydrogen-bond donors (Lipinski definition) is 1. The quantitative estimate of drug-likeness (QED) is 0.833. The molecule has 3 atom stereocenters. The van der Waals surface area contributed by atoms with Gasteiger partial charge in [-0.25, -0.2) is 0 Å². The number of fused-ring (bicyclic) bond motifs is 4.